The number of aromatic nitrogens is 3. The highest BCUT2D eigenvalue weighted by Crippen LogP contribution is 2.21. The van der Waals surface area contributed by atoms with E-state index >= 15 is 0 Å². The molecule has 1 aliphatic rings. The Kier molecular flexibility index (Phi) is 4.46. The van der Waals surface area contributed by atoms with E-state index in [1.807, 2.05) is 19.1 Å². The van der Waals surface area contributed by atoms with E-state index in [1.165, 1.54) is 12.4 Å². The monoisotopic (exact) mass is 302 g/mol. The summed E-state index contributed by atoms with van der Waals surface area (Å²) in [5.74, 6) is 1.44. The van der Waals surface area contributed by atoms with Crippen molar-refractivity contribution < 1.29 is 9.13 Å². The molecule has 1 aliphatic heterocycles. The molecule has 1 saturated heterocycles. The largest absolute Gasteiger partial charge is 0.493 e. The van der Waals surface area contributed by atoms with Crippen LogP contribution in [0, 0.1) is 18.7 Å². The first-order valence-corrected chi connectivity index (χ1v) is 7.48. The van der Waals surface area contributed by atoms with E-state index in [-0.39, 0.29) is 0 Å². The van der Waals surface area contributed by atoms with E-state index < -0.39 is 5.82 Å². The van der Waals surface area contributed by atoms with Crippen LogP contribution in [0.3, 0.4) is 0 Å². The van der Waals surface area contributed by atoms with Crippen molar-refractivity contribution in [3.63, 3.8) is 0 Å². The zero-order chi connectivity index (χ0) is 15.4. The fourth-order valence-corrected chi connectivity index (χ4v) is 2.67. The predicted molar refractivity (Wildman–Crippen MR) is 81.4 cm³/mol. The van der Waals surface area contributed by atoms with E-state index in [4.69, 9.17) is 4.74 Å². The molecule has 3 heterocycles. The summed E-state index contributed by atoms with van der Waals surface area (Å²) >= 11 is 0. The van der Waals surface area contributed by atoms with Crippen molar-refractivity contribution in [2.45, 2.75) is 19.8 Å². The van der Waals surface area contributed by atoms with Gasteiger partial charge in [0.25, 0.3) is 0 Å². The SMILES string of the molecule is Cc1cc(OCC2CCCN(c3ncc(F)cn3)C2)ccn1. The average molecular weight is 302 g/mol. The Balaban J connectivity index is 1.57. The number of ether oxygens (including phenoxy) is 1. The van der Waals surface area contributed by atoms with E-state index in [2.05, 4.69) is 19.9 Å². The van der Waals surface area contributed by atoms with Gasteiger partial charge in [-0.25, -0.2) is 14.4 Å². The standard InChI is InChI=1S/C16H19FN4O/c1-12-7-15(4-5-18-12)22-11-13-3-2-6-21(10-13)16-19-8-14(17)9-20-16/h4-5,7-9,13H,2-3,6,10-11H2,1H3. The number of nitrogens with zero attached hydrogens (tertiary/aromatic N) is 4. The van der Waals surface area contributed by atoms with Gasteiger partial charge in [0.2, 0.25) is 5.95 Å². The van der Waals surface area contributed by atoms with Crippen molar-refractivity contribution in [3.8, 4) is 5.75 Å². The van der Waals surface area contributed by atoms with Gasteiger partial charge >= 0.3 is 0 Å². The first-order valence-electron chi connectivity index (χ1n) is 7.48. The highest BCUT2D eigenvalue weighted by atomic mass is 19.1. The fraction of sp³-hybridized carbons (Fsp3) is 0.438. The summed E-state index contributed by atoms with van der Waals surface area (Å²) in [6.07, 6.45) is 6.35. The normalized spacial score (nSPS) is 18.3. The van der Waals surface area contributed by atoms with Gasteiger partial charge in [-0.15, -0.1) is 0 Å². The first-order chi connectivity index (χ1) is 10.7. The van der Waals surface area contributed by atoms with Crippen LogP contribution < -0.4 is 9.64 Å². The maximum atomic E-state index is 12.9. The highest BCUT2D eigenvalue weighted by Gasteiger charge is 2.22. The third-order valence-electron chi connectivity index (χ3n) is 3.76. The number of aryl methyl sites for hydroxylation is 1. The topological polar surface area (TPSA) is 51.1 Å². The molecule has 0 amide bonds. The molecule has 2 aromatic heterocycles. The molecule has 0 bridgehead atoms. The third-order valence-corrected chi connectivity index (χ3v) is 3.76. The molecule has 2 aromatic rings. The van der Waals surface area contributed by atoms with Crippen molar-refractivity contribution in [2.24, 2.45) is 5.92 Å². The Morgan fingerprint density at radius 3 is 2.91 bits per heavy atom. The molecule has 22 heavy (non-hydrogen) atoms. The van der Waals surface area contributed by atoms with Gasteiger partial charge in [-0.2, -0.15) is 0 Å². The van der Waals surface area contributed by atoms with Gasteiger partial charge in [-0.05, 0) is 25.8 Å². The number of halogens is 1. The molecule has 1 fully saturated rings. The molecule has 1 atom stereocenters. The number of rotatable bonds is 4. The number of pyridine rings is 1. The third kappa shape index (κ3) is 3.69. The summed E-state index contributed by atoms with van der Waals surface area (Å²) < 4.78 is 18.8. The maximum Gasteiger partial charge on any atom is 0.225 e. The van der Waals surface area contributed by atoms with Crippen LogP contribution in [0.15, 0.2) is 30.7 Å². The average Bonchev–Trinajstić information content (AvgIpc) is 2.54. The van der Waals surface area contributed by atoms with Gasteiger partial charge in [0, 0.05) is 37.0 Å². The first kappa shape index (κ1) is 14.7. The van der Waals surface area contributed by atoms with Gasteiger partial charge in [-0.3, -0.25) is 4.98 Å². The summed E-state index contributed by atoms with van der Waals surface area (Å²) in [6.45, 7) is 4.33. The Morgan fingerprint density at radius 2 is 2.14 bits per heavy atom. The van der Waals surface area contributed by atoms with Crippen molar-refractivity contribution in [1.82, 2.24) is 15.0 Å². The summed E-state index contributed by atoms with van der Waals surface area (Å²) in [7, 11) is 0. The highest BCUT2D eigenvalue weighted by molar-refractivity contribution is 5.29. The maximum absolute atomic E-state index is 12.9. The second-order valence-electron chi connectivity index (χ2n) is 5.60. The Labute approximate surface area is 129 Å². The van der Waals surface area contributed by atoms with Crippen LogP contribution in [0.25, 0.3) is 0 Å². The summed E-state index contributed by atoms with van der Waals surface area (Å²) in [5, 5.41) is 0. The van der Waals surface area contributed by atoms with Crippen molar-refractivity contribution in [1.29, 1.82) is 0 Å². The summed E-state index contributed by atoms with van der Waals surface area (Å²) in [4.78, 5) is 14.4. The lowest BCUT2D eigenvalue weighted by molar-refractivity contribution is 0.228. The molecule has 0 spiro atoms. The molecule has 0 saturated carbocycles. The van der Waals surface area contributed by atoms with Crippen molar-refractivity contribution in [2.75, 3.05) is 24.6 Å². The predicted octanol–water partition coefficient (Wildman–Crippen LogP) is 2.61. The Bertz CT molecular complexity index is 620. The van der Waals surface area contributed by atoms with Gasteiger partial charge in [-0.1, -0.05) is 0 Å². The van der Waals surface area contributed by atoms with Crippen LogP contribution in [0.5, 0.6) is 5.75 Å². The number of hydrogen-bond acceptors (Lipinski definition) is 5. The van der Waals surface area contributed by atoms with E-state index in [0.717, 1.165) is 37.4 Å². The van der Waals surface area contributed by atoms with Gasteiger partial charge < -0.3 is 9.64 Å². The van der Waals surface area contributed by atoms with E-state index in [1.54, 1.807) is 6.20 Å². The van der Waals surface area contributed by atoms with Gasteiger partial charge in [0.15, 0.2) is 5.82 Å². The molecular formula is C16H19FN4O. The van der Waals surface area contributed by atoms with Crippen LogP contribution >= 0.6 is 0 Å². The summed E-state index contributed by atoms with van der Waals surface area (Å²) in [6, 6.07) is 3.81. The van der Waals surface area contributed by atoms with Gasteiger partial charge in [0.1, 0.15) is 5.75 Å². The second-order valence-corrected chi connectivity index (χ2v) is 5.60. The number of anilines is 1. The minimum Gasteiger partial charge on any atom is -0.493 e. The summed E-state index contributed by atoms with van der Waals surface area (Å²) in [5.41, 5.74) is 0.947. The van der Waals surface area contributed by atoms with Crippen LogP contribution in [0.4, 0.5) is 10.3 Å². The lowest BCUT2D eigenvalue weighted by atomic mass is 9.99. The number of piperidine rings is 1. The molecule has 0 radical (unpaired) electrons. The molecule has 0 N–H and O–H groups in total. The zero-order valence-corrected chi connectivity index (χ0v) is 12.6. The van der Waals surface area contributed by atoms with Crippen molar-refractivity contribution in [3.05, 3.63) is 42.2 Å². The molecule has 0 aromatic carbocycles. The van der Waals surface area contributed by atoms with E-state index in [0.29, 0.717) is 18.5 Å². The molecule has 5 nitrogen and oxygen atoms in total. The lowest BCUT2D eigenvalue weighted by Crippen LogP contribution is -2.38. The molecule has 3 rings (SSSR count). The lowest BCUT2D eigenvalue weighted by Gasteiger charge is -2.32. The van der Waals surface area contributed by atoms with E-state index in [9.17, 15) is 4.39 Å². The van der Waals surface area contributed by atoms with Crippen LogP contribution in [0.2, 0.25) is 0 Å². The van der Waals surface area contributed by atoms with Gasteiger partial charge in [0.05, 0.1) is 19.0 Å². The Hall–Kier alpha value is -2.24. The van der Waals surface area contributed by atoms with Crippen LogP contribution in [-0.2, 0) is 0 Å². The zero-order valence-electron chi connectivity index (χ0n) is 12.6. The number of hydrogen-bond donors (Lipinski definition) is 0. The van der Waals surface area contributed by atoms with Crippen LogP contribution in [-0.4, -0.2) is 34.6 Å². The minimum atomic E-state index is -0.409. The molecule has 0 aliphatic carbocycles. The fourth-order valence-electron chi connectivity index (χ4n) is 2.67. The quantitative estimate of drug-likeness (QED) is 0.869. The smallest absolute Gasteiger partial charge is 0.225 e. The minimum absolute atomic E-state index is 0.409. The molecule has 6 heteroatoms. The second kappa shape index (κ2) is 6.68. The Morgan fingerprint density at radius 1 is 1.32 bits per heavy atom. The molecular weight excluding hydrogens is 283 g/mol. The molecule has 1 unspecified atom stereocenters. The van der Waals surface area contributed by atoms with Crippen molar-refractivity contribution >= 4 is 5.95 Å². The van der Waals surface area contributed by atoms with Crippen LogP contribution in [0.1, 0.15) is 18.5 Å². The molecule has 116 valence electrons.